The fraction of sp³-hybridized carbons (Fsp3) is 0.143. The van der Waals surface area contributed by atoms with Gasteiger partial charge in [-0.3, -0.25) is 10.1 Å². The molecule has 13 heteroatoms. The number of anilines is 3. The molecule has 0 saturated carbocycles. The van der Waals surface area contributed by atoms with Crippen molar-refractivity contribution in [1.29, 1.82) is 0 Å². The zero-order valence-corrected chi connectivity index (χ0v) is 19.4. The van der Waals surface area contributed by atoms with Crippen molar-refractivity contribution in [2.24, 2.45) is 0 Å². The predicted octanol–water partition coefficient (Wildman–Crippen LogP) is 4.71. The first-order chi connectivity index (χ1) is 16.5. The van der Waals surface area contributed by atoms with Gasteiger partial charge in [0.05, 0.1) is 33.9 Å². The van der Waals surface area contributed by atoms with Crippen LogP contribution in [0.25, 0.3) is 22.5 Å². The summed E-state index contributed by atoms with van der Waals surface area (Å²) in [4.78, 5) is 31.0. The van der Waals surface area contributed by atoms with Crippen molar-refractivity contribution in [3.8, 4) is 22.5 Å². The molecule has 0 spiro atoms. The standard InChI is InChI=1S/C21H19Cl2N9O2/c1-24-20-17(32(33)34)4-5-18(30-20)26-6-7-27-21-28-9-14(16-10-25-11-29-16)19(31-21)13-3-2-12(22)8-15(13)23/h2-5,8-11H,6-7H2,1H3,(H,25,29)(H2,24,26,30)(H,27,28,31). The molecule has 4 rings (SSSR count). The number of nitrogens with zero attached hydrogens (tertiary/aromatic N) is 5. The van der Waals surface area contributed by atoms with Gasteiger partial charge in [-0.2, -0.15) is 0 Å². The fourth-order valence-corrected chi connectivity index (χ4v) is 3.70. The topological polar surface area (TPSA) is 147 Å². The van der Waals surface area contributed by atoms with Crippen molar-refractivity contribution in [3.63, 3.8) is 0 Å². The normalized spacial score (nSPS) is 10.7. The Morgan fingerprint density at radius 3 is 2.59 bits per heavy atom. The SMILES string of the molecule is CNc1nc(NCCNc2ncc(-c3cnc[nH]3)c(-c3ccc(Cl)cc3Cl)n2)ccc1[N+](=O)[O-]. The first-order valence-electron chi connectivity index (χ1n) is 10.1. The molecule has 3 aromatic heterocycles. The number of nitro groups is 1. The Hall–Kier alpha value is -3.96. The lowest BCUT2D eigenvalue weighted by Gasteiger charge is -2.12. The largest absolute Gasteiger partial charge is 0.368 e. The Labute approximate surface area is 204 Å². The van der Waals surface area contributed by atoms with Crippen LogP contribution in [0.4, 0.5) is 23.3 Å². The molecule has 11 nitrogen and oxygen atoms in total. The highest BCUT2D eigenvalue weighted by Crippen LogP contribution is 2.35. The third-order valence-electron chi connectivity index (χ3n) is 4.79. The van der Waals surface area contributed by atoms with E-state index < -0.39 is 4.92 Å². The second-order valence-electron chi connectivity index (χ2n) is 6.97. The maximum absolute atomic E-state index is 11.0. The zero-order chi connectivity index (χ0) is 24.1. The van der Waals surface area contributed by atoms with Crippen LogP contribution in [0.15, 0.2) is 49.1 Å². The second-order valence-corrected chi connectivity index (χ2v) is 7.81. The molecular formula is C21H19Cl2N9O2. The minimum Gasteiger partial charge on any atom is -0.368 e. The number of halogens is 2. The Bertz CT molecular complexity index is 1320. The molecule has 0 atom stereocenters. The number of rotatable bonds is 9. The van der Waals surface area contributed by atoms with Crippen molar-refractivity contribution in [2.75, 3.05) is 36.1 Å². The highest BCUT2D eigenvalue weighted by atomic mass is 35.5. The summed E-state index contributed by atoms with van der Waals surface area (Å²) >= 11 is 12.5. The van der Waals surface area contributed by atoms with E-state index in [1.165, 1.54) is 6.07 Å². The number of pyridine rings is 1. The van der Waals surface area contributed by atoms with Crippen molar-refractivity contribution in [1.82, 2.24) is 24.9 Å². The van der Waals surface area contributed by atoms with Gasteiger partial charge in [-0.05, 0) is 24.3 Å². The predicted molar refractivity (Wildman–Crippen MR) is 132 cm³/mol. The number of hydrogen-bond acceptors (Lipinski definition) is 9. The summed E-state index contributed by atoms with van der Waals surface area (Å²) < 4.78 is 0. The van der Waals surface area contributed by atoms with E-state index >= 15 is 0 Å². The molecule has 4 N–H and O–H groups in total. The monoisotopic (exact) mass is 499 g/mol. The van der Waals surface area contributed by atoms with Crippen molar-refractivity contribution in [3.05, 3.63) is 69.2 Å². The average Bonchev–Trinajstić information content (AvgIpc) is 3.36. The summed E-state index contributed by atoms with van der Waals surface area (Å²) in [5, 5.41) is 21.0. The van der Waals surface area contributed by atoms with Crippen LogP contribution in [0.5, 0.6) is 0 Å². The van der Waals surface area contributed by atoms with E-state index in [9.17, 15) is 10.1 Å². The van der Waals surface area contributed by atoms with Crippen LogP contribution in [0.2, 0.25) is 10.0 Å². The summed E-state index contributed by atoms with van der Waals surface area (Å²) in [6.45, 7) is 0.932. The number of hydrogen-bond donors (Lipinski definition) is 4. The molecule has 0 amide bonds. The van der Waals surface area contributed by atoms with Gasteiger partial charge in [-0.1, -0.05) is 23.2 Å². The molecule has 34 heavy (non-hydrogen) atoms. The number of imidazole rings is 1. The van der Waals surface area contributed by atoms with Gasteiger partial charge in [0, 0.05) is 48.5 Å². The first-order valence-corrected chi connectivity index (χ1v) is 10.8. The molecule has 1 aromatic carbocycles. The molecular weight excluding hydrogens is 481 g/mol. The van der Waals surface area contributed by atoms with E-state index in [1.807, 2.05) is 0 Å². The van der Waals surface area contributed by atoms with Crippen LogP contribution in [-0.4, -0.2) is 50.0 Å². The maximum Gasteiger partial charge on any atom is 0.311 e. The molecule has 0 saturated heterocycles. The molecule has 0 fully saturated rings. The minimum absolute atomic E-state index is 0.0923. The van der Waals surface area contributed by atoms with Gasteiger partial charge in [0.15, 0.2) is 0 Å². The molecule has 174 valence electrons. The summed E-state index contributed by atoms with van der Waals surface area (Å²) in [5.41, 5.74) is 2.71. The van der Waals surface area contributed by atoms with E-state index in [1.54, 1.807) is 50.0 Å². The van der Waals surface area contributed by atoms with E-state index in [0.717, 1.165) is 11.3 Å². The van der Waals surface area contributed by atoms with Gasteiger partial charge >= 0.3 is 5.69 Å². The van der Waals surface area contributed by atoms with Crippen LogP contribution in [0, 0.1) is 10.1 Å². The number of aromatic nitrogens is 5. The Morgan fingerprint density at radius 1 is 1.06 bits per heavy atom. The van der Waals surface area contributed by atoms with Crippen molar-refractivity contribution in [2.45, 2.75) is 0 Å². The lowest BCUT2D eigenvalue weighted by Crippen LogP contribution is -2.16. The molecule has 0 radical (unpaired) electrons. The lowest BCUT2D eigenvalue weighted by molar-refractivity contribution is -0.384. The second kappa shape index (κ2) is 10.3. The van der Waals surface area contributed by atoms with Gasteiger partial charge < -0.3 is 20.9 Å². The van der Waals surface area contributed by atoms with E-state index in [0.29, 0.717) is 46.2 Å². The van der Waals surface area contributed by atoms with Gasteiger partial charge in [0.2, 0.25) is 11.8 Å². The van der Waals surface area contributed by atoms with Gasteiger partial charge in [0.25, 0.3) is 0 Å². The molecule has 0 bridgehead atoms. The summed E-state index contributed by atoms with van der Waals surface area (Å²) in [6, 6.07) is 8.15. The van der Waals surface area contributed by atoms with Gasteiger partial charge in [0.1, 0.15) is 5.82 Å². The highest BCUT2D eigenvalue weighted by molar-refractivity contribution is 6.36. The number of nitrogens with one attached hydrogen (secondary N) is 4. The van der Waals surface area contributed by atoms with Crippen molar-refractivity contribution < 1.29 is 4.92 Å². The number of benzene rings is 1. The quantitative estimate of drug-likeness (QED) is 0.146. The third-order valence-corrected chi connectivity index (χ3v) is 5.33. The van der Waals surface area contributed by atoms with Crippen LogP contribution in [-0.2, 0) is 0 Å². The van der Waals surface area contributed by atoms with Gasteiger partial charge in [-0.15, -0.1) is 0 Å². The minimum atomic E-state index is -0.487. The molecule has 0 aliphatic carbocycles. The van der Waals surface area contributed by atoms with Crippen molar-refractivity contribution >= 4 is 46.5 Å². The summed E-state index contributed by atoms with van der Waals surface area (Å²) in [6.07, 6.45) is 4.94. The zero-order valence-electron chi connectivity index (χ0n) is 17.8. The highest BCUT2D eigenvalue weighted by Gasteiger charge is 2.16. The molecule has 4 aromatic rings. The Morgan fingerprint density at radius 2 is 1.88 bits per heavy atom. The van der Waals surface area contributed by atoms with Crippen LogP contribution < -0.4 is 16.0 Å². The molecule has 0 unspecified atom stereocenters. The Balaban J connectivity index is 1.49. The van der Waals surface area contributed by atoms with E-state index in [2.05, 4.69) is 40.9 Å². The maximum atomic E-state index is 11.0. The van der Waals surface area contributed by atoms with Crippen LogP contribution in [0.3, 0.4) is 0 Å². The van der Waals surface area contributed by atoms with Crippen LogP contribution >= 0.6 is 23.2 Å². The molecule has 0 aliphatic rings. The molecule has 3 heterocycles. The van der Waals surface area contributed by atoms with E-state index in [4.69, 9.17) is 23.2 Å². The van der Waals surface area contributed by atoms with Crippen LogP contribution in [0.1, 0.15) is 0 Å². The smallest absolute Gasteiger partial charge is 0.311 e. The average molecular weight is 500 g/mol. The summed E-state index contributed by atoms with van der Waals surface area (Å²) in [7, 11) is 1.58. The number of aromatic amines is 1. The third kappa shape index (κ3) is 5.16. The number of H-pyrrole nitrogens is 1. The summed E-state index contributed by atoms with van der Waals surface area (Å²) in [5.74, 6) is 1.09. The fourth-order valence-electron chi connectivity index (χ4n) is 3.20. The van der Waals surface area contributed by atoms with E-state index in [-0.39, 0.29) is 11.5 Å². The lowest BCUT2D eigenvalue weighted by atomic mass is 10.1. The molecule has 0 aliphatic heterocycles. The van der Waals surface area contributed by atoms with Gasteiger partial charge in [-0.25, -0.2) is 19.9 Å². The first kappa shape index (κ1) is 23.2. The Kier molecular flexibility index (Phi) is 7.04.